The second-order valence-corrected chi connectivity index (χ2v) is 5.85. The van der Waals surface area contributed by atoms with Crippen LogP contribution in [0, 0.1) is 6.92 Å². The van der Waals surface area contributed by atoms with Crippen molar-refractivity contribution in [2.45, 2.75) is 17.6 Å². The molecule has 0 amide bonds. The monoisotopic (exact) mass is 267 g/mol. The van der Waals surface area contributed by atoms with E-state index in [1.54, 1.807) is 25.1 Å². The smallest absolute Gasteiger partial charge is 0.184 e. The molecule has 1 aromatic heterocycles. The first-order valence-corrected chi connectivity index (χ1v) is 6.95. The summed E-state index contributed by atoms with van der Waals surface area (Å²) in [5.41, 5.74) is 0.406. The van der Waals surface area contributed by atoms with Crippen molar-refractivity contribution in [2.75, 3.05) is 7.11 Å². The SMILES string of the molecule is COc1ccc(S(=O)(=O)Cc2cc(C)on2)cc1. The van der Waals surface area contributed by atoms with E-state index in [2.05, 4.69) is 5.16 Å². The molecule has 96 valence electrons. The van der Waals surface area contributed by atoms with Crippen molar-refractivity contribution in [1.29, 1.82) is 0 Å². The molecule has 0 saturated carbocycles. The second kappa shape index (κ2) is 4.81. The van der Waals surface area contributed by atoms with Gasteiger partial charge >= 0.3 is 0 Å². The van der Waals surface area contributed by atoms with E-state index >= 15 is 0 Å². The number of hydrogen-bond acceptors (Lipinski definition) is 5. The molecule has 5 nitrogen and oxygen atoms in total. The maximum Gasteiger partial charge on any atom is 0.184 e. The van der Waals surface area contributed by atoms with Crippen LogP contribution < -0.4 is 4.74 Å². The molecule has 1 aromatic carbocycles. The molecule has 18 heavy (non-hydrogen) atoms. The van der Waals surface area contributed by atoms with Gasteiger partial charge in [0.15, 0.2) is 9.84 Å². The first kappa shape index (κ1) is 12.6. The molecular weight excluding hydrogens is 254 g/mol. The van der Waals surface area contributed by atoms with Crippen LogP contribution in [0.1, 0.15) is 11.5 Å². The van der Waals surface area contributed by atoms with Crippen molar-refractivity contribution in [3.8, 4) is 5.75 Å². The standard InChI is InChI=1S/C12H13NO4S/c1-9-7-10(13-17-9)8-18(14,15)12-5-3-11(16-2)4-6-12/h3-7H,8H2,1-2H3. The van der Waals surface area contributed by atoms with Gasteiger partial charge in [0.2, 0.25) is 0 Å². The zero-order chi connectivity index (χ0) is 13.2. The fraction of sp³-hybridized carbons (Fsp3) is 0.250. The Morgan fingerprint density at radius 1 is 1.28 bits per heavy atom. The van der Waals surface area contributed by atoms with E-state index in [-0.39, 0.29) is 10.6 Å². The Kier molecular flexibility index (Phi) is 3.38. The van der Waals surface area contributed by atoms with Crippen molar-refractivity contribution >= 4 is 9.84 Å². The zero-order valence-corrected chi connectivity index (χ0v) is 10.9. The van der Waals surface area contributed by atoms with Gasteiger partial charge in [-0.1, -0.05) is 5.16 Å². The molecule has 2 aromatic rings. The normalized spacial score (nSPS) is 11.4. The molecule has 0 atom stereocenters. The van der Waals surface area contributed by atoms with Gasteiger partial charge in [0, 0.05) is 6.07 Å². The van der Waals surface area contributed by atoms with Crippen LogP contribution in [0.2, 0.25) is 0 Å². The molecule has 1 heterocycles. The van der Waals surface area contributed by atoms with E-state index in [1.165, 1.54) is 19.2 Å². The first-order valence-electron chi connectivity index (χ1n) is 5.30. The van der Waals surface area contributed by atoms with Crippen molar-refractivity contribution in [1.82, 2.24) is 5.16 Å². The number of aryl methyl sites for hydroxylation is 1. The first-order chi connectivity index (χ1) is 8.51. The summed E-state index contributed by atoms with van der Waals surface area (Å²) in [5.74, 6) is 1.04. The number of rotatable bonds is 4. The third kappa shape index (κ3) is 2.70. The molecule has 0 N–H and O–H groups in total. The lowest BCUT2D eigenvalue weighted by atomic mass is 10.3. The molecule has 2 rings (SSSR count). The van der Waals surface area contributed by atoms with Crippen molar-refractivity contribution < 1.29 is 17.7 Å². The number of sulfone groups is 1. The number of aromatic nitrogens is 1. The summed E-state index contributed by atoms with van der Waals surface area (Å²) in [6, 6.07) is 7.87. The minimum absolute atomic E-state index is 0.170. The van der Waals surface area contributed by atoms with Gasteiger partial charge in [-0.3, -0.25) is 0 Å². The summed E-state index contributed by atoms with van der Waals surface area (Å²) in [6.07, 6.45) is 0. The Labute approximate surface area is 105 Å². The average molecular weight is 267 g/mol. The minimum atomic E-state index is -3.40. The molecule has 0 radical (unpaired) electrons. The number of benzene rings is 1. The summed E-state index contributed by atoms with van der Waals surface area (Å²) in [5, 5.41) is 3.68. The van der Waals surface area contributed by atoms with Gasteiger partial charge in [0.05, 0.1) is 17.7 Å². The highest BCUT2D eigenvalue weighted by Crippen LogP contribution is 2.19. The second-order valence-electron chi connectivity index (χ2n) is 3.86. The third-order valence-electron chi connectivity index (χ3n) is 2.43. The lowest BCUT2D eigenvalue weighted by molar-refractivity contribution is 0.392. The van der Waals surface area contributed by atoms with Crippen molar-refractivity contribution in [3.63, 3.8) is 0 Å². The summed E-state index contributed by atoms with van der Waals surface area (Å²) < 4.78 is 34.0. The molecule has 0 aliphatic carbocycles. The fourth-order valence-electron chi connectivity index (χ4n) is 1.55. The Bertz CT molecular complexity index is 628. The average Bonchev–Trinajstić information content (AvgIpc) is 2.74. The molecule has 0 unspecified atom stereocenters. The Hall–Kier alpha value is -1.82. The van der Waals surface area contributed by atoms with Crippen molar-refractivity contribution in [3.05, 3.63) is 41.8 Å². The largest absolute Gasteiger partial charge is 0.497 e. The van der Waals surface area contributed by atoms with Crippen LogP contribution in [-0.4, -0.2) is 20.7 Å². The van der Waals surface area contributed by atoms with E-state index in [0.717, 1.165) is 0 Å². The van der Waals surface area contributed by atoms with Crippen LogP contribution in [0.4, 0.5) is 0 Å². The van der Waals surface area contributed by atoms with Gasteiger partial charge in [0.25, 0.3) is 0 Å². The predicted molar refractivity (Wildman–Crippen MR) is 65.1 cm³/mol. The highest BCUT2D eigenvalue weighted by Gasteiger charge is 2.17. The highest BCUT2D eigenvalue weighted by molar-refractivity contribution is 7.90. The number of ether oxygens (including phenoxy) is 1. The number of hydrogen-bond donors (Lipinski definition) is 0. The Balaban J connectivity index is 2.24. The topological polar surface area (TPSA) is 69.4 Å². The number of nitrogens with zero attached hydrogens (tertiary/aromatic N) is 1. The zero-order valence-electron chi connectivity index (χ0n) is 10.1. The van der Waals surface area contributed by atoms with Gasteiger partial charge < -0.3 is 9.26 Å². The van der Waals surface area contributed by atoms with E-state index in [9.17, 15) is 8.42 Å². The molecule has 0 aliphatic heterocycles. The third-order valence-corrected chi connectivity index (χ3v) is 4.10. The van der Waals surface area contributed by atoms with E-state index < -0.39 is 9.84 Å². The molecule has 0 bridgehead atoms. The molecule has 0 aliphatic rings. The molecule has 6 heteroatoms. The number of methoxy groups -OCH3 is 1. The van der Waals surface area contributed by atoms with Gasteiger partial charge in [-0.05, 0) is 31.2 Å². The van der Waals surface area contributed by atoms with E-state index in [1.807, 2.05) is 0 Å². The van der Waals surface area contributed by atoms with Gasteiger partial charge in [-0.2, -0.15) is 0 Å². The van der Waals surface area contributed by atoms with Gasteiger partial charge in [0.1, 0.15) is 17.3 Å². The van der Waals surface area contributed by atoms with Crippen LogP contribution in [0.3, 0.4) is 0 Å². The van der Waals surface area contributed by atoms with Crippen LogP contribution >= 0.6 is 0 Å². The maximum atomic E-state index is 12.1. The molecule has 0 fully saturated rings. The Morgan fingerprint density at radius 2 is 1.94 bits per heavy atom. The lowest BCUT2D eigenvalue weighted by Gasteiger charge is -2.03. The quantitative estimate of drug-likeness (QED) is 0.847. The molecule has 0 spiro atoms. The lowest BCUT2D eigenvalue weighted by Crippen LogP contribution is -2.05. The maximum absolute atomic E-state index is 12.1. The summed E-state index contributed by atoms with van der Waals surface area (Å²) in [6.45, 7) is 1.72. The summed E-state index contributed by atoms with van der Waals surface area (Å²) in [4.78, 5) is 0.240. The van der Waals surface area contributed by atoms with Crippen LogP contribution in [-0.2, 0) is 15.6 Å². The highest BCUT2D eigenvalue weighted by atomic mass is 32.2. The van der Waals surface area contributed by atoms with Crippen molar-refractivity contribution in [2.24, 2.45) is 0 Å². The minimum Gasteiger partial charge on any atom is -0.497 e. The predicted octanol–water partition coefficient (Wildman–Crippen LogP) is 1.97. The fourth-order valence-corrected chi connectivity index (χ4v) is 2.79. The summed E-state index contributed by atoms with van der Waals surface area (Å²) in [7, 11) is -1.87. The van der Waals surface area contributed by atoms with Crippen LogP contribution in [0.5, 0.6) is 5.75 Å². The van der Waals surface area contributed by atoms with Gasteiger partial charge in [-0.25, -0.2) is 8.42 Å². The van der Waals surface area contributed by atoms with Crippen LogP contribution in [0.25, 0.3) is 0 Å². The molecule has 0 saturated heterocycles. The summed E-state index contributed by atoms with van der Waals surface area (Å²) >= 11 is 0. The Morgan fingerprint density at radius 3 is 2.44 bits per heavy atom. The van der Waals surface area contributed by atoms with Gasteiger partial charge in [-0.15, -0.1) is 0 Å². The molecular formula is C12H13NO4S. The van der Waals surface area contributed by atoms with E-state index in [0.29, 0.717) is 17.2 Å². The van der Waals surface area contributed by atoms with E-state index in [4.69, 9.17) is 9.26 Å². The van der Waals surface area contributed by atoms with Crippen LogP contribution in [0.15, 0.2) is 39.8 Å².